The number of amides is 2. The van der Waals surface area contributed by atoms with E-state index in [0.717, 1.165) is 31.4 Å². The first kappa shape index (κ1) is 17.4. The zero-order valence-corrected chi connectivity index (χ0v) is 15.6. The molecule has 3 heterocycles. The maximum atomic E-state index is 12.7. The Kier molecular flexibility index (Phi) is 4.40. The molecule has 0 unspecified atom stereocenters. The molecule has 3 fully saturated rings. The summed E-state index contributed by atoms with van der Waals surface area (Å²) in [7, 11) is 0. The topological polar surface area (TPSA) is 75.9 Å². The molecule has 1 saturated carbocycles. The molecule has 1 spiro atoms. The van der Waals surface area contributed by atoms with E-state index in [-0.39, 0.29) is 18.0 Å². The third-order valence-corrected chi connectivity index (χ3v) is 5.93. The summed E-state index contributed by atoms with van der Waals surface area (Å²) in [6.07, 6.45) is 5.41. The highest BCUT2D eigenvalue weighted by molar-refractivity contribution is 5.91. The molecule has 1 aliphatic carbocycles. The van der Waals surface area contributed by atoms with Crippen LogP contribution in [0.15, 0.2) is 10.6 Å². The molecule has 142 valence electrons. The molecule has 4 rings (SSSR count). The largest absolute Gasteiger partial charge is 0.441 e. The fraction of sp³-hybridized carbons (Fsp3) is 0.737. The number of carbonyl (C=O) groups is 2. The van der Waals surface area contributed by atoms with E-state index in [2.05, 4.69) is 19.0 Å². The van der Waals surface area contributed by atoms with Crippen LogP contribution in [0.3, 0.4) is 0 Å². The number of nitrogens with zero attached hydrogens (tertiary/aromatic N) is 3. The van der Waals surface area contributed by atoms with E-state index in [1.54, 1.807) is 11.0 Å². The van der Waals surface area contributed by atoms with E-state index < -0.39 is 5.60 Å². The lowest BCUT2D eigenvalue weighted by molar-refractivity contribution is 0.00198. The summed E-state index contributed by atoms with van der Waals surface area (Å²) >= 11 is 0. The van der Waals surface area contributed by atoms with E-state index >= 15 is 0 Å². The third kappa shape index (κ3) is 3.19. The maximum absolute atomic E-state index is 12.7. The van der Waals surface area contributed by atoms with Crippen LogP contribution in [0.5, 0.6) is 0 Å². The van der Waals surface area contributed by atoms with E-state index in [9.17, 15) is 9.59 Å². The van der Waals surface area contributed by atoms with Gasteiger partial charge in [-0.15, -0.1) is 0 Å². The molecule has 0 aromatic carbocycles. The van der Waals surface area contributed by atoms with Gasteiger partial charge in [0.15, 0.2) is 0 Å². The van der Waals surface area contributed by atoms with Crippen molar-refractivity contribution in [2.45, 2.75) is 69.9 Å². The minimum Gasteiger partial charge on any atom is -0.441 e. The van der Waals surface area contributed by atoms with Gasteiger partial charge in [0.05, 0.1) is 12.2 Å². The van der Waals surface area contributed by atoms with Crippen LogP contribution >= 0.6 is 0 Å². The monoisotopic (exact) mass is 361 g/mol. The SMILES string of the molecule is CCC[C@@H](C)N1CC2(CCN(C(=O)c3cc(C4CC4)no3)CC2)OC1=O. The van der Waals surface area contributed by atoms with E-state index in [4.69, 9.17) is 9.26 Å². The van der Waals surface area contributed by atoms with Gasteiger partial charge in [0.2, 0.25) is 5.76 Å². The summed E-state index contributed by atoms with van der Waals surface area (Å²) in [5, 5.41) is 4.02. The lowest BCUT2D eigenvalue weighted by Gasteiger charge is -2.37. The van der Waals surface area contributed by atoms with E-state index in [1.807, 2.05) is 4.90 Å². The Morgan fingerprint density at radius 1 is 1.38 bits per heavy atom. The Hall–Kier alpha value is -2.05. The molecule has 1 aromatic rings. The molecule has 2 aliphatic heterocycles. The fourth-order valence-corrected chi connectivity index (χ4v) is 4.06. The number of carbonyl (C=O) groups excluding carboxylic acids is 2. The molecule has 2 saturated heterocycles. The Morgan fingerprint density at radius 3 is 2.77 bits per heavy atom. The summed E-state index contributed by atoms with van der Waals surface area (Å²) in [4.78, 5) is 28.6. The maximum Gasteiger partial charge on any atom is 0.410 e. The van der Waals surface area contributed by atoms with Crippen LogP contribution < -0.4 is 0 Å². The highest BCUT2D eigenvalue weighted by atomic mass is 16.6. The number of hydrogen-bond acceptors (Lipinski definition) is 5. The molecule has 26 heavy (non-hydrogen) atoms. The van der Waals surface area contributed by atoms with Crippen LogP contribution in [0.1, 0.15) is 74.5 Å². The van der Waals surface area contributed by atoms with Crippen molar-refractivity contribution in [1.82, 2.24) is 15.0 Å². The van der Waals surface area contributed by atoms with E-state index in [1.165, 1.54) is 0 Å². The molecule has 2 amide bonds. The molecule has 7 heteroatoms. The van der Waals surface area contributed by atoms with Gasteiger partial charge in [-0.1, -0.05) is 18.5 Å². The summed E-state index contributed by atoms with van der Waals surface area (Å²) in [5.74, 6) is 0.683. The first-order valence-corrected chi connectivity index (χ1v) is 9.77. The number of aromatic nitrogens is 1. The third-order valence-electron chi connectivity index (χ3n) is 5.93. The van der Waals surface area contributed by atoms with Crippen molar-refractivity contribution in [2.24, 2.45) is 0 Å². The molecule has 3 aliphatic rings. The number of rotatable bonds is 5. The van der Waals surface area contributed by atoms with Crippen molar-refractivity contribution in [3.8, 4) is 0 Å². The Bertz CT molecular complexity index is 689. The van der Waals surface area contributed by atoms with Gasteiger partial charge in [-0.05, 0) is 26.2 Å². The second-order valence-corrected chi connectivity index (χ2v) is 8.00. The van der Waals surface area contributed by atoms with Crippen molar-refractivity contribution in [3.05, 3.63) is 17.5 Å². The van der Waals surface area contributed by atoms with Gasteiger partial charge in [-0.3, -0.25) is 4.79 Å². The molecular weight excluding hydrogens is 334 g/mol. The number of hydrogen-bond donors (Lipinski definition) is 0. The van der Waals surface area contributed by atoms with E-state index in [0.29, 0.717) is 44.2 Å². The van der Waals surface area contributed by atoms with Gasteiger partial charge in [0, 0.05) is 44.0 Å². The van der Waals surface area contributed by atoms with Crippen molar-refractivity contribution in [3.63, 3.8) is 0 Å². The van der Waals surface area contributed by atoms with Crippen molar-refractivity contribution in [2.75, 3.05) is 19.6 Å². The highest BCUT2D eigenvalue weighted by Crippen LogP contribution is 2.40. The van der Waals surface area contributed by atoms with Crippen LogP contribution in [0, 0.1) is 0 Å². The zero-order chi connectivity index (χ0) is 18.3. The predicted octanol–water partition coefficient (Wildman–Crippen LogP) is 3.17. The predicted molar refractivity (Wildman–Crippen MR) is 93.9 cm³/mol. The van der Waals surface area contributed by atoms with Crippen LogP contribution in [0.4, 0.5) is 4.79 Å². The van der Waals surface area contributed by atoms with Crippen molar-refractivity contribution >= 4 is 12.0 Å². The van der Waals surface area contributed by atoms with Crippen molar-refractivity contribution < 1.29 is 18.8 Å². The van der Waals surface area contributed by atoms with Gasteiger partial charge in [0.1, 0.15) is 5.60 Å². The Morgan fingerprint density at radius 2 is 2.12 bits per heavy atom. The molecule has 1 atom stereocenters. The van der Waals surface area contributed by atoms with Gasteiger partial charge >= 0.3 is 6.09 Å². The first-order chi connectivity index (χ1) is 12.5. The first-order valence-electron chi connectivity index (χ1n) is 9.77. The van der Waals surface area contributed by atoms with Crippen molar-refractivity contribution in [1.29, 1.82) is 0 Å². The smallest absolute Gasteiger partial charge is 0.410 e. The molecule has 0 N–H and O–H groups in total. The lowest BCUT2D eigenvalue weighted by Crippen LogP contribution is -2.49. The van der Waals surface area contributed by atoms with Gasteiger partial charge in [-0.25, -0.2) is 4.79 Å². The summed E-state index contributed by atoms with van der Waals surface area (Å²) < 4.78 is 11.0. The summed E-state index contributed by atoms with van der Waals surface area (Å²) in [5.41, 5.74) is 0.448. The Balaban J connectivity index is 1.36. The average Bonchev–Trinajstić information content (AvgIpc) is 3.27. The summed E-state index contributed by atoms with van der Waals surface area (Å²) in [6.45, 7) is 5.96. The second kappa shape index (κ2) is 6.59. The lowest BCUT2D eigenvalue weighted by atomic mass is 9.91. The standard InChI is InChI=1S/C19H27N3O4/c1-3-4-13(2)22-12-19(25-18(22)24)7-9-21(10-8-19)17(23)16-11-15(20-26-16)14-5-6-14/h11,13-14H,3-10,12H2,1-2H3/t13-/m1/s1. The molecule has 1 aromatic heterocycles. The number of ether oxygens (including phenoxy) is 1. The number of likely N-dealkylation sites (tertiary alicyclic amines) is 1. The van der Waals surface area contributed by atoms with Gasteiger partial charge < -0.3 is 19.1 Å². The summed E-state index contributed by atoms with van der Waals surface area (Å²) in [6, 6.07) is 1.98. The fourth-order valence-electron chi connectivity index (χ4n) is 4.06. The molecule has 0 radical (unpaired) electrons. The normalized spacial score (nSPS) is 23.4. The highest BCUT2D eigenvalue weighted by Gasteiger charge is 2.48. The zero-order valence-electron chi connectivity index (χ0n) is 15.6. The van der Waals surface area contributed by atoms with Crippen LogP contribution in [0.25, 0.3) is 0 Å². The molecule has 0 bridgehead atoms. The Labute approximate surface area is 153 Å². The average molecular weight is 361 g/mol. The van der Waals surface area contributed by atoms with Crippen LogP contribution in [-0.4, -0.2) is 58.2 Å². The van der Waals surface area contributed by atoms with Gasteiger partial charge in [-0.2, -0.15) is 0 Å². The molecule has 7 nitrogen and oxygen atoms in total. The quantitative estimate of drug-likeness (QED) is 0.805. The minimum atomic E-state index is -0.448. The number of piperidine rings is 1. The minimum absolute atomic E-state index is 0.111. The van der Waals surface area contributed by atoms with Gasteiger partial charge in [0.25, 0.3) is 5.91 Å². The van der Waals surface area contributed by atoms with Crippen LogP contribution in [0.2, 0.25) is 0 Å². The molecular formula is C19H27N3O4. The van der Waals surface area contributed by atoms with Crippen LogP contribution in [-0.2, 0) is 4.74 Å². The second-order valence-electron chi connectivity index (χ2n) is 8.00.